The van der Waals surface area contributed by atoms with Crippen LogP contribution in [-0.4, -0.2) is 11.6 Å². The summed E-state index contributed by atoms with van der Waals surface area (Å²) in [5.74, 6) is -1.02. The Labute approximate surface area is 125 Å². The molecule has 0 aromatic heterocycles. The van der Waals surface area contributed by atoms with Gasteiger partial charge in [-0.2, -0.15) is 0 Å². The molecule has 2 heteroatoms. The third-order valence-electron chi connectivity index (χ3n) is 3.80. The largest absolute Gasteiger partial charge is 0.299 e. The minimum Gasteiger partial charge on any atom is -0.299 e. The second-order valence-electron chi connectivity index (χ2n) is 5.50. The number of aryl methyl sites for hydroxylation is 1. The molecular formula is C19H20O2. The molecule has 0 radical (unpaired) electrons. The van der Waals surface area contributed by atoms with Crippen LogP contribution < -0.4 is 0 Å². The van der Waals surface area contributed by atoms with Crippen molar-refractivity contribution in [1.82, 2.24) is 0 Å². The molecule has 1 atom stereocenters. The first kappa shape index (κ1) is 15.2. The highest BCUT2D eigenvalue weighted by molar-refractivity contribution is 6.01. The minimum absolute atomic E-state index is 0.0862. The van der Waals surface area contributed by atoms with E-state index in [0.717, 1.165) is 16.7 Å². The Morgan fingerprint density at radius 1 is 0.762 bits per heavy atom. The van der Waals surface area contributed by atoms with E-state index < -0.39 is 5.92 Å². The van der Waals surface area contributed by atoms with Gasteiger partial charge < -0.3 is 0 Å². The number of carbonyl (C=O) groups excluding carboxylic acids is 2. The highest BCUT2D eigenvalue weighted by Crippen LogP contribution is 2.33. The van der Waals surface area contributed by atoms with E-state index in [1.54, 1.807) is 0 Å². The Bertz CT molecular complexity index is 612. The molecule has 21 heavy (non-hydrogen) atoms. The van der Waals surface area contributed by atoms with E-state index in [1.165, 1.54) is 13.8 Å². The van der Waals surface area contributed by atoms with Crippen LogP contribution in [0.3, 0.4) is 0 Å². The zero-order chi connectivity index (χ0) is 15.4. The first-order valence-electron chi connectivity index (χ1n) is 7.13. The molecule has 0 amide bonds. The van der Waals surface area contributed by atoms with Crippen LogP contribution in [0.4, 0.5) is 0 Å². The molecule has 0 saturated heterocycles. The van der Waals surface area contributed by atoms with Crippen molar-refractivity contribution in [3.05, 3.63) is 71.3 Å². The molecule has 1 unspecified atom stereocenters. The van der Waals surface area contributed by atoms with Crippen molar-refractivity contribution >= 4 is 11.6 Å². The van der Waals surface area contributed by atoms with Crippen molar-refractivity contribution in [3.63, 3.8) is 0 Å². The highest BCUT2D eigenvalue weighted by atomic mass is 16.1. The van der Waals surface area contributed by atoms with Crippen LogP contribution in [0.2, 0.25) is 0 Å². The Kier molecular flexibility index (Phi) is 4.69. The van der Waals surface area contributed by atoms with Crippen molar-refractivity contribution in [3.8, 4) is 0 Å². The smallest absolute Gasteiger partial charge is 0.141 e. The van der Waals surface area contributed by atoms with E-state index in [1.807, 2.05) is 61.5 Å². The second-order valence-corrected chi connectivity index (χ2v) is 5.50. The summed E-state index contributed by atoms with van der Waals surface area (Å²) in [6.45, 7) is 5.02. The maximum absolute atomic E-state index is 12.0. The van der Waals surface area contributed by atoms with Crippen molar-refractivity contribution in [2.45, 2.75) is 26.7 Å². The lowest BCUT2D eigenvalue weighted by molar-refractivity contribution is -0.130. The maximum atomic E-state index is 12.0. The summed E-state index contributed by atoms with van der Waals surface area (Å²) in [7, 11) is 0. The number of carbonyl (C=O) groups is 2. The van der Waals surface area contributed by atoms with Gasteiger partial charge in [0.05, 0.1) is 5.92 Å². The number of benzene rings is 2. The average molecular weight is 280 g/mol. The SMILES string of the molecule is CC(=O)C(C(C)=O)C(c1ccccc1)c1ccc(C)cc1. The van der Waals surface area contributed by atoms with Crippen LogP contribution in [0.15, 0.2) is 54.6 Å². The molecule has 2 nitrogen and oxygen atoms in total. The normalized spacial score (nSPS) is 12.2. The van der Waals surface area contributed by atoms with Gasteiger partial charge in [-0.3, -0.25) is 9.59 Å². The first-order chi connectivity index (χ1) is 10.0. The fourth-order valence-corrected chi connectivity index (χ4v) is 2.77. The van der Waals surface area contributed by atoms with Crippen molar-refractivity contribution in [2.24, 2.45) is 5.92 Å². The predicted octanol–water partition coefficient (Wildman–Crippen LogP) is 3.92. The molecular weight excluding hydrogens is 260 g/mol. The Hall–Kier alpha value is -2.22. The van der Waals surface area contributed by atoms with Crippen LogP contribution in [-0.2, 0) is 9.59 Å². The Morgan fingerprint density at radius 2 is 1.24 bits per heavy atom. The summed E-state index contributed by atoms with van der Waals surface area (Å²) in [4.78, 5) is 24.0. The lowest BCUT2D eigenvalue weighted by Crippen LogP contribution is -2.27. The number of hydrogen-bond acceptors (Lipinski definition) is 2. The van der Waals surface area contributed by atoms with Crippen LogP contribution >= 0.6 is 0 Å². The van der Waals surface area contributed by atoms with Gasteiger partial charge in [0.1, 0.15) is 11.6 Å². The van der Waals surface area contributed by atoms with Crippen molar-refractivity contribution in [2.75, 3.05) is 0 Å². The third kappa shape index (κ3) is 3.46. The fraction of sp³-hybridized carbons (Fsp3) is 0.263. The van der Waals surface area contributed by atoms with E-state index >= 15 is 0 Å². The van der Waals surface area contributed by atoms with Gasteiger partial charge in [0.2, 0.25) is 0 Å². The molecule has 0 heterocycles. The standard InChI is InChI=1S/C19H20O2/c1-13-9-11-17(12-10-13)19(16-7-5-4-6-8-16)18(14(2)20)15(3)21/h4-12,18-19H,1-3H3. The molecule has 2 aromatic carbocycles. The lowest BCUT2D eigenvalue weighted by atomic mass is 9.77. The van der Waals surface area contributed by atoms with Gasteiger partial charge in [0.25, 0.3) is 0 Å². The number of ketones is 2. The molecule has 108 valence electrons. The van der Waals surface area contributed by atoms with Gasteiger partial charge >= 0.3 is 0 Å². The Balaban J connectivity index is 2.56. The molecule has 2 aromatic rings. The van der Waals surface area contributed by atoms with Gasteiger partial charge in [-0.05, 0) is 31.9 Å². The van der Waals surface area contributed by atoms with Crippen LogP contribution in [0.1, 0.15) is 36.5 Å². The number of rotatable bonds is 5. The molecule has 0 saturated carbocycles. The van der Waals surface area contributed by atoms with Gasteiger partial charge in [-0.1, -0.05) is 60.2 Å². The molecule has 0 aliphatic heterocycles. The van der Waals surface area contributed by atoms with Gasteiger partial charge in [0, 0.05) is 5.92 Å². The fourth-order valence-electron chi connectivity index (χ4n) is 2.77. The van der Waals surface area contributed by atoms with E-state index in [0.29, 0.717) is 0 Å². The predicted molar refractivity (Wildman–Crippen MR) is 84.3 cm³/mol. The van der Waals surface area contributed by atoms with Crippen LogP contribution in [0.5, 0.6) is 0 Å². The zero-order valence-electron chi connectivity index (χ0n) is 12.7. The average Bonchev–Trinajstić information content (AvgIpc) is 2.46. The summed E-state index contributed by atoms with van der Waals surface area (Å²) in [5, 5.41) is 0. The molecule has 0 aliphatic carbocycles. The molecule has 0 spiro atoms. The third-order valence-corrected chi connectivity index (χ3v) is 3.80. The molecule has 0 N–H and O–H groups in total. The van der Waals surface area contributed by atoms with Crippen molar-refractivity contribution in [1.29, 1.82) is 0 Å². The zero-order valence-corrected chi connectivity index (χ0v) is 12.7. The molecule has 2 rings (SSSR count). The monoisotopic (exact) mass is 280 g/mol. The van der Waals surface area contributed by atoms with Gasteiger partial charge in [-0.15, -0.1) is 0 Å². The summed E-state index contributed by atoms with van der Waals surface area (Å²) in [6.07, 6.45) is 0. The minimum atomic E-state index is -0.630. The summed E-state index contributed by atoms with van der Waals surface area (Å²) in [6, 6.07) is 17.8. The highest BCUT2D eigenvalue weighted by Gasteiger charge is 2.32. The molecule has 0 aliphatic rings. The summed E-state index contributed by atoms with van der Waals surface area (Å²) in [5.41, 5.74) is 3.16. The summed E-state index contributed by atoms with van der Waals surface area (Å²) >= 11 is 0. The number of Topliss-reactive ketones (excluding diaryl/α,β-unsaturated/α-hetero) is 2. The number of hydrogen-bond donors (Lipinski definition) is 0. The van der Waals surface area contributed by atoms with E-state index in [2.05, 4.69) is 0 Å². The van der Waals surface area contributed by atoms with Crippen LogP contribution in [0, 0.1) is 12.8 Å². The second kappa shape index (κ2) is 6.49. The van der Waals surface area contributed by atoms with Gasteiger partial charge in [-0.25, -0.2) is 0 Å². The first-order valence-corrected chi connectivity index (χ1v) is 7.13. The topological polar surface area (TPSA) is 34.1 Å². The van der Waals surface area contributed by atoms with Crippen LogP contribution in [0.25, 0.3) is 0 Å². The molecule has 0 fully saturated rings. The lowest BCUT2D eigenvalue weighted by Gasteiger charge is -2.24. The van der Waals surface area contributed by atoms with E-state index in [4.69, 9.17) is 0 Å². The van der Waals surface area contributed by atoms with Gasteiger partial charge in [0.15, 0.2) is 0 Å². The van der Waals surface area contributed by atoms with E-state index in [9.17, 15) is 9.59 Å². The Morgan fingerprint density at radius 3 is 1.71 bits per heavy atom. The van der Waals surface area contributed by atoms with E-state index in [-0.39, 0.29) is 17.5 Å². The quantitative estimate of drug-likeness (QED) is 0.778. The maximum Gasteiger partial charge on any atom is 0.141 e. The van der Waals surface area contributed by atoms with Crippen molar-refractivity contribution < 1.29 is 9.59 Å². The summed E-state index contributed by atoms with van der Waals surface area (Å²) < 4.78 is 0. The molecule has 0 bridgehead atoms.